The van der Waals surface area contributed by atoms with Crippen LogP contribution in [0.3, 0.4) is 0 Å². The zero-order chi connectivity index (χ0) is 20.5. The molecule has 4 rings (SSSR count). The molecule has 1 saturated carbocycles. The van der Waals surface area contributed by atoms with Crippen LogP contribution in [0, 0.1) is 11.8 Å². The molecule has 4 atom stereocenters. The number of likely N-dealkylation sites (tertiary alicyclic amines) is 1. The average molecular weight is 399 g/mol. The van der Waals surface area contributed by atoms with E-state index in [1.54, 1.807) is 48.4 Å². The Morgan fingerprint density at radius 3 is 2.59 bits per heavy atom. The Balaban J connectivity index is 1.46. The number of amides is 1. The first-order valence-corrected chi connectivity index (χ1v) is 9.75. The number of aromatic nitrogens is 2. The van der Waals surface area contributed by atoms with Gasteiger partial charge in [-0.05, 0) is 36.8 Å². The maximum absolute atomic E-state index is 12.8. The van der Waals surface area contributed by atoms with Gasteiger partial charge in [-0.3, -0.25) is 4.79 Å². The Bertz CT molecular complexity index is 911. The SMILES string of the molecule is COC(=O)c1ccccc1O[C@@H]1C[C@@H]2CN(C(=O)c3cncn3C)C[C@@H]2C[C@H]1O. The molecule has 1 aromatic heterocycles. The molecule has 1 amide bonds. The van der Waals surface area contributed by atoms with E-state index in [1.165, 1.54) is 7.11 Å². The summed E-state index contributed by atoms with van der Waals surface area (Å²) in [4.78, 5) is 30.6. The smallest absolute Gasteiger partial charge is 0.341 e. The van der Waals surface area contributed by atoms with Crippen molar-refractivity contribution in [3.8, 4) is 5.75 Å². The normalized spacial score (nSPS) is 26.1. The number of para-hydroxylation sites is 1. The van der Waals surface area contributed by atoms with Crippen LogP contribution in [0.25, 0.3) is 0 Å². The van der Waals surface area contributed by atoms with Gasteiger partial charge in [0.25, 0.3) is 5.91 Å². The molecule has 2 fully saturated rings. The number of hydrogen-bond donors (Lipinski definition) is 1. The minimum atomic E-state index is -0.659. The maximum atomic E-state index is 12.8. The van der Waals surface area contributed by atoms with Gasteiger partial charge in [0.15, 0.2) is 0 Å². The molecule has 0 unspecified atom stereocenters. The quantitative estimate of drug-likeness (QED) is 0.783. The molecule has 1 aliphatic heterocycles. The van der Waals surface area contributed by atoms with E-state index >= 15 is 0 Å². The number of esters is 1. The van der Waals surface area contributed by atoms with Crippen molar-refractivity contribution in [2.75, 3.05) is 20.2 Å². The summed E-state index contributed by atoms with van der Waals surface area (Å²) in [6, 6.07) is 6.87. The third-order valence-electron chi connectivity index (χ3n) is 5.98. The van der Waals surface area contributed by atoms with Crippen molar-refractivity contribution in [1.82, 2.24) is 14.5 Å². The van der Waals surface area contributed by atoms with E-state index in [9.17, 15) is 14.7 Å². The average Bonchev–Trinajstić information content (AvgIpc) is 3.33. The largest absolute Gasteiger partial charge is 0.487 e. The lowest BCUT2D eigenvalue weighted by Crippen LogP contribution is -2.42. The fraction of sp³-hybridized carbons (Fsp3) is 0.476. The van der Waals surface area contributed by atoms with Crippen LogP contribution in [0.1, 0.15) is 33.7 Å². The van der Waals surface area contributed by atoms with Gasteiger partial charge in [0, 0.05) is 20.1 Å². The van der Waals surface area contributed by atoms with Gasteiger partial charge in [-0.15, -0.1) is 0 Å². The molecule has 0 spiro atoms. The first kappa shape index (κ1) is 19.4. The summed E-state index contributed by atoms with van der Waals surface area (Å²) in [7, 11) is 3.13. The van der Waals surface area contributed by atoms with Gasteiger partial charge < -0.3 is 24.0 Å². The third kappa shape index (κ3) is 3.72. The summed E-state index contributed by atoms with van der Waals surface area (Å²) in [6.07, 6.45) is 3.28. The van der Waals surface area contributed by atoms with Gasteiger partial charge >= 0.3 is 5.97 Å². The molecule has 2 aliphatic rings. The number of nitrogens with zero attached hydrogens (tertiary/aromatic N) is 3. The second-order valence-corrected chi connectivity index (χ2v) is 7.80. The Kier molecular flexibility index (Phi) is 5.27. The molecule has 0 bridgehead atoms. The van der Waals surface area contributed by atoms with Crippen LogP contribution in [0.15, 0.2) is 36.8 Å². The fourth-order valence-corrected chi connectivity index (χ4v) is 4.42. The highest BCUT2D eigenvalue weighted by Crippen LogP contribution is 2.38. The predicted molar refractivity (Wildman–Crippen MR) is 104 cm³/mol. The highest BCUT2D eigenvalue weighted by molar-refractivity contribution is 5.93. The molecule has 1 N–H and O–H groups in total. The first-order valence-electron chi connectivity index (χ1n) is 9.75. The second kappa shape index (κ2) is 7.87. The monoisotopic (exact) mass is 399 g/mol. The van der Waals surface area contributed by atoms with E-state index in [0.29, 0.717) is 42.9 Å². The number of carbonyl (C=O) groups excluding carboxylic acids is 2. The lowest BCUT2D eigenvalue weighted by Gasteiger charge is -2.35. The van der Waals surface area contributed by atoms with E-state index in [4.69, 9.17) is 9.47 Å². The fourth-order valence-electron chi connectivity index (χ4n) is 4.42. The van der Waals surface area contributed by atoms with Gasteiger partial charge in [0.2, 0.25) is 0 Å². The van der Waals surface area contributed by atoms with E-state index in [-0.39, 0.29) is 17.7 Å². The van der Waals surface area contributed by atoms with Crippen LogP contribution >= 0.6 is 0 Å². The van der Waals surface area contributed by atoms with Crippen LogP contribution in [-0.2, 0) is 11.8 Å². The van der Waals surface area contributed by atoms with Gasteiger partial charge in [-0.1, -0.05) is 12.1 Å². The highest BCUT2D eigenvalue weighted by Gasteiger charge is 2.44. The van der Waals surface area contributed by atoms with Crippen LogP contribution < -0.4 is 4.74 Å². The Hall–Kier alpha value is -2.87. The van der Waals surface area contributed by atoms with Crippen LogP contribution in [-0.4, -0.2) is 63.8 Å². The number of aliphatic hydroxyl groups excluding tert-OH is 1. The van der Waals surface area contributed by atoms with Crippen LogP contribution in [0.5, 0.6) is 5.75 Å². The molecule has 154 valence electrons. The summed E-state index contributed by atoms with van der Waals surface area (Å²) in [5.41, 5.74) is 0.896. The van der Waals surface area contributed by atoms with Gasteiger partial charge in [0.1, 0.15) is 23.1 Å². The van der Waals surface area contributed by atoms with E-state index in [1.807, 2.05) is 4.90 Å². The molecule has 0 radical (unpaired) electrons. The molecular weight excluding hydrogens is 374 g/mol. The van der Waals surface area contributed by atoms with Crippen molar-refractivity contribution in [2.24, 2.45) is 18.9 Å². The minimum absolute atomic E-state index is 0.0394. The molecule has 2 heterocycles. The number of aryl methyl sites for hydroxylation is 1. The van der Waals surface area contributed by atoms with Crippen LogP contribution in [0.2, 0.25) is 0 Å². The van der Waals surface area contributed by atoms with Crippen molar-refractivity contribution in [3.63, 3.8) is 0 Å². The lowest BCUT2D eigenvalue weighted by atomic mass is 9.78. The third-order valence-corrected chi connectivity index (χ3v) is 5.98. The number of carbonyl (C=O) groups is 2. The molecule has 1 aliphatic carbocycles. The summed E-state index contributed by atoms with van der Waals surface area (Å²) in [5.74, 6) is 0.367. The molecule has 1 aromatic carbocycles. The van der Waals surface area contributed by atoms with Crippen molar-refractivity contribution < 1.29 is 24.2 Å². The number of imidazole rings is 1. The summed E-state index contributed by atoms with van der Waals surface area (Å²) < 4.78 is 12.6. The molecule has 29 heavy (non-hydrogen) atoms. The number of fused-ring (bicyclic) bond motifs is 1. The number of rotatable bonds is 4. The number of hydrogen-bond acceptors (Lipinski definition) is 6. The standard InChI is InChI=1S/C21H25N3O5/c1-23-12-22-9-16(23)20(26)24-10-13-7-17(25)19(8-14(13)11-24)29-18-6-4-3-5-15(18)21(27)28-2/h3-6,9,12-14,17,19,25H,7-8,10-11H2,1-2H3/t13-,14+,17+,19+/m0/s1. The van der Waals surface area contributed by atoms with Gasteiger partial charge in [-0.25, -0.2) is 9.78 Å². The second-order valence-electron chi connectivity index (χ2n) is 7.80. The van der Waals surface area contributed by atoms with Gasteiger partial charge in [-0.2, -0.15) is 0 Å². The highest BCUT2D eigenvalue weighted by atomic mass is 16.5. The zero-order valence-electron chi connectivity index (χ0n) is 16.5. The van der Waals surface area contributed by atoms with Crippen molar-refractivity contribution >= 4 is 11.9 Å². The number of aliphatic hydroxyl groups is 1. The Labute approximate surface area is 169 Å². The number of ether oxygens (including phenoxy) is 2. The number of methoxy groups -OCH3 is 1. The van der Waals surface area contributed by atoms with Crippen molar-refractivity contribution in [2.45, 2.75) is 25.0 Å². The van der Waals surface area contributed by atoms with E-state index in [2.05, 4.69) is 4.98 Å². The Morgan fingerprint density at radius 2 is 1.90 bits per heavy atom. The molecular formula is C21H25N3O5. The maximum Gasteiger partial charge on any atom is 0.341 e. The molecule has 1 saturated heterocycles. The van der Waals surface area contributed by atoms with Crippen LogP contribution in [0.4, 0.5) is 0 Å². The van der Waals surface area contributed by atoms with E-state index < -0.39 is 18.2 Å². The summed E-state index contributed by atoms with van der Waals surface area (Å²) in [6.45, 7) is 1.25. The van der Waals surface area contributed by atoms with E-state index in [0.717, 1.165) is 0 Å². The first-order chi connectivity index (χ1) is 14.0. The minimum Gasteiger partial charge on any atom is -0.487 e. The van der Waals surface area contributed by atoms with Crippen molar-refractivity contribution in [3.05, 3.63) is 48.0 Å². The predicted octanol–water partition coefficient (Wildman–Crippen LogP) is 1.50. The van der Waals surface area contributed by atoms with Gasteiger partial charge in [0.05, 0.1) is 25.7 Å². The zero-order valence-corrected chi connectivity index (χ0v) is 16.5. The molecule has 8 nitrogen and oxygen atoms in total. The van der Waals surface area contributed by atoms with Crippen molar-refractivity contribution in [1.29, 1.82) is 0 Å². The molecule has 2 aromatic rings. The number of benzene rings is 1. The topological polar surface area (TPSA) is 93.9 Å². The summed E-state index contributed by atoms with van der Waals surface area (Å²) >= 11 is 0. The molecule has 8 heteroatoms. The Morgan fingerprint density at radius 1 is 1.17 bits per heavy atom. The lowest BCUT2D eigenvalue weighted by molar-refractivity contribution is -0.0237. The summed E-state index contributed by atoms with van der Waals surface area (Å²) in [5, 5.41) is 10.7.